The predicted molar refractivity (Wildman–Crippen MR) is 149 cm³/mol. The number of fused-ring (bicyclic) bond motifs is 1. The van der Waals surface area contributed by atoms with Crippen LogP contribution >= 0.6 is 0 Å². The van der Waals surface area contributed by atoms with E-state index >= 15 is 0 Å². The van der Waals surface area contributed by atoms with Crippen LogP contribution in [0.15, 0.2) is 48.8 Å². The first kappa shape index (κ1) is 25.3. The van der Waals surface area contributed by atoms with E-state index in [4.69, 9.17) is 9.47 Å². The van der Waals surface area contributed by atoms with Gasteiger partial charge < -0.3 is 25.0 Å². The molecule has 204 valence electrons. The fraction of sp³-hybridized carbons (Fsp3) is 0.429. The third-order valence-corrected chi connectivity index (χ3v) is 7.51. The van der Waals surface area contributed by atoms with Crippen LogP contribution in [0, 0.1) is 0 Å². The molecule has 0 bridgehead atoms. The number of carbonyl (C=O) groups excluding carboxylic acids is 1. The van der Waals surface area contributed by atoms with Crippen molar-refractivity contribution in [1.82, 2.24) is 24.8 Å². The minimum Gasteiger partial charge on any atom is -0.454 e. The van der Waals surface area contributed by atoms with Crippen molar-refractivity contribution in [1.29, 1.82) is 0 Å². The zero-order chi connectivity index (χ0) is 26.6. The minimum absolute atomic E-state index is 0.110. The molecule has 3 aromatic rings. The van der Waals surface area contributed by atoms with Gasteiger partial charge in [0.2, 0.25) is 24.6 Å². The van der Waals surface area contributed by atoms with E-state index in [2.05, 4.69) is 52.4 Å². The summed E-state index contributed by atoms with van der Waals surface area (Å²) in [5, 5.41) is 6.02. The van der Waals surface area contributed by atoms with Crippen molar-refractivity contribution in [3.05, 3.63) is 54.4 Å². The van der Waals surface area contributed by atoms with E-state index in [1.165, 1.54) is 12.5 Å². The number of aromatic nitrogens is 3. The number of hydrogen-bond donors (Lipinski definition) is 2. The van der Waals surface area contributed by atoms with Crippen molar-refractivity contribution in [3.63, 3.8) is 0 Å². The van der Waals surface area contributed by atoms with Crippen LogP contribution in [0.1, 0.15) is 25.3 Å². The van der Waals surface area contributed by atoms with Crippen molar-refractivity contribution in [2.24, 2.45) is 0 Å². The first-order valence-corrected chi connectivity index (χ1v) is 13.5. The van der Waals surface area contributed by atoms with Crippen LogP contribution in [0.2, 0.25) is 0 Å². The number of nitrogens with zero attached hydrogens (tertiary/aromatic N) is 6. The highest BCUT2D eigenvalue weighted by molar-refractivity contribution is 5.89. The van der Waals surface area contributed by atoms with E-state index in [9.17, 15) is 4.79 Å². The minimum atomic E-state index is -0.110. The molecule has 0 saturated carbocycles. The Morgan fingerprint density at radius 3 is 2.56 bits per heavy atom. The topological polar surface area (TPSA) is 108 Å². The Bertz CT molecular complexity index is 1310. The Hall–Kier alpha value is -3.96. The molecule has 3 aliphatic heterocycles. The Morgan fingerprint density at radius 1 is 0.949 bits per heavy atom. The van der Waals surface area contributed by atoms with Crippen LogP contribution in [-0.4, -0.2) is 82.8 Å². The van der Waals surface area contributed by atoms with Crippen molar-refractivity contribution in [2.45, 2.75) is 32.4 Å². The molecule has 0 aliphatic carbocycles. The second-order valence-electron chi connectivity index (χ2n) is 10.2. The van der Waals surface area contributed by atoms with E-state index in [0.29, 0.717) is 24.7 Å². The van der Waals surface area contributed by atoms with Gasteiger partial charge in [0.05, 0.1) is 0 Å². The van der Waals surface area contributed by atoms with E-state index in [0.717, 1.165) is 81.5 Å². The lowest BCUT2D eigenvalue weighted by Crippen LogP contribution is -2.53. The lowest BCUT2D eigenvalue weighted by molar-refractivity contribution is -0.114. The molecular weight excluding hydrogens is 496 g/mol. The highest BCUT2D eigenvalue weighted by atomic mass is 16.7. The lowest BCUT2D eigenvalue weighted by atomic mass is 10.0. The van der Waals surface area contributed by atoms with Crippen LogP contribution in [0.5, 0.6) is 11.5 Å². The standard InChI is InChI=1S/C28H34N8O3/c1-20(37)31-22-3-2-4-23(16-22)32-27-29-18-30-28(33-27)36-9-7-24(8-10-36)35-13-11-34(12-14-35)17-21-5-6-25-26(15-21)39-19-38-25/h2-6,15-16,18,24H,7-14,17,19H2,1H3,(H,31,37)(H,29,30,32,33). The number of anilines is 4. The quantitative estimate of drug-likeness (QED) is 0.473. The summed E-state index contributed by atoms with van der Waals surface area (Å²) in [5.41, 5.74) is 2.79. The Balaban J connectivity index is 0.982. The van der Waals surface area contributed by atoms with Crippen molar-refractivity contribution < 1.29 is 14.3 Å². The first-order valence-electron chi connectivity index (χ1n) is 13.5. The van der Waals surface area contributed by atoms with E-state index in [1.54, 1.807) is 6.33 Å². The number of rotatable bonds is 7. The van der Waals surface area contributed by atoms with Gasteiger partial charge in [-0.15, -0.1) is 0 Å². The second-order valence-corrected chi connectivity index (χ2v) is 10.2. The van der Waals surface area contributed by atoms with Gasteiger partial charge >= 0.3 is 0 Å². The molecule has 1 amide bonds. The molecule has 4 heterocycles. The zero-order valence-corrected chi connectivity index (χ0v) is 22.2. The molecule has 0 spiro atoms. The van der Waals surface area contributed by atoms with Crippen LogP contribution in [0.4, 0.5) is 23.3 Å². The number of nitrogens with one attached hydrogen (secondary N) is 2. The largest absolute Gasteiger partial charge is 0.454 e. The Kier molecular flexibility index (Phi) is 7.42. The van der Waals surface area contributed by atoms with E-state index in [-0.39, 0.29) is 5.91 Å². The third kappa shape index (κ3) is 6.21. The maximum absolute atomic E-state index is 11.4. The van der Waals surface area contributed by atoms with Gasteiger partial charge in [0.25, 0.3) is 0 Å². The third-order valence-electron chi connectivity index (χ3n) is 7.51. The van der Waals surface area contributed by atoms with Gasteiger partial charge in [-0.1, -0.05) is 12.1 Å². The van der Waals surface area contributed by atoms with E-state index in [1.807, 2.05) is 30.3 Å². The summed E-state index contributed by atoms with van der Waals surface area (Å²) in [6, 6.07) is 14.3. The summed E-state index contributed by atoms with van der Waals surface area (Å²) < 4.78 is 11.0. The van der Waals surface area contributed by atoms with Crippen molar-refractivity contribution in [2.75, 3.05) is 61.6 Å². The molecule has 6 rings (SSSR count). The number of piperazine rings is 1. The normalized spacial score (nSPS) is 18.2. The van der Waals surface area contributed by atoms with Crippen molar-refractivity contribution >= 4 is 29.2 Å². The van der Waals surface area contributed by atoms with Crippen LogP contribution in [0.3, 0.4) is 0 Å². The van der Waals surface area contributed by atoms with E-state index < -0.39 is 0 Å². The van der Waals surface area contributed by atoms with Gasteiger partial charge in [-0.25, -0.2) is 9.97 Å². The van der Waals surface area contributed by atoms with Gasteiger partial charge in [0.1, 0.15) is 6.33 Å². The molecule has 2 aromatic carbocycles. The number of carbonyl (C=O) groups is 1. The molecule has 0 radical (unpaired) electrons. The fourth-order valence-electron chi connectivity index (χ4n) is 5.52. The molecule has 3 aliphatic rings. The predicted octanol–water partition coefficient (Wildman–Crippen LogP) is 3.09. The van der Waals surface area contributed by atoms with Crippen LogP contribution in [-0.2, 0) is 11.3 Å². The fourth-order valence-corrected chi connectivity index (χ4v) is 5.52. The van der Waals surface area contributed by atoms with Gasteiger partial charge in [0, 0.05) is 70.2 Å². The van der Waals surface area contributed by atoms with Gasteiger partial charge in [-0.3, -0.25) is 14.6 Å². The molecular formula is C28H34N8O3. The average Bonchev–Trinajstić information content (AvgIpc) is 3.42. The van der Waals surface area contributed by atoms with Gasteiger partial charge in [0.15, 0.2) is 11.5 Å². The molecule has 2 fully saturated rings. The van der Waals surface area contributed by atoms with Crippen LogP contribution in [0.25, 0.3) is 0 Å². The molecule has 1 aromatic heterocycles. The number of hydrogen-bond acceptors (Lipinski definition) is 10. The highest BCUT2D eigenvalue weighted by Crippen LogP contribution is 2.33. The molecule has 11 heteroatoms. The molecule has 2 saturated heterocycles. The summed E-state index contributed by atoms with van der Waals surface area (Å²) in [5.74, 6) is 2.77. The first-order chi connectivity index (χ1) is 19.1. The highest BCUT2D eigenvalue weighted by Gasteiger charge is 2.28. The summed E-state index contributed by atoms with van der Waals surface area (Å²) in [6.45, 7) is 8.91. The molecule has 0 unspecified atom stereocenters. The summed E-state index contributed by atoms with van der Waals surface area (Å²) >= 11 is 0. The average molecular weight is 531 g/mol. The van der Waals surface area contributed by atoms with Crippen molar-refractivity contribution in [3.8, 4) is 11.5 Å². The molecule has 0 atom stereocenters. The Morgan fingerprint density at radius 2 is 1.74 bits per heavy atom. The zero-order valence-electron chi connectivity index (χ0n) is 22.2. The maximum Gasteiger partial charge on any atom is 0.231 e. The molecule has 39 heavy (non-hydrogen) atoms. The van der Waals surface area contributed by atoms with Crippen LogP contribution < -0.4 is 25.0 Å². The molecule has 2 N–H and O–H groups in total. The lowest BCUT2D eigenvalue weighted by Gasteiger charge is -2.42. The summed E-state index contributed by atoms with van der Waals surface area (Å²) in [6.07, 6.45) is 3.73. The monoisotopic (exact) mass is 530 g/mol. The maximum atomic E-state index is 11.4. The summed E-state index contributed by atoms with van der Waals surface area (Å²) in [4.78, 5) is 32.2. The van der Waals surface area contributed by atoms with Gasteiger partial charge in [-0.05, 0) is 48.7 Å². The second kappa shape index (κ2) is 11.4. The number of ether oxygens (including phenoxy) is 2. The Labute approximate surface area is 228 Å². The number of piperidine rings is 1. The molecule has 11 nitrogen and oxygen atoms in total. The van der Waals surface area contributed by atoms with Gasteiger partial charge in [-0.2, -0.15) is 4.98 Å². The number of amides is 1. The smallest absolute Gasteiger partial charge is 0.231 e. The SMILES string of the molecule is CC(=O)Nc1cccc(Nc2ncnc(N3CCC(N4CCN(Cc5ccc6c(c5)OCO6)CC4)CC3)n2)c1. The number of benzene rings is 2. The summed E-state index contributed by atoms with van der Waals surface area (Å²) in [7, 11) is 0.